The van der Waals surface area contributed by atoms with Crippen LogP contribution >= 0.6 is 0 Å². The Morgan fingerprint density at radius 3 is 2.16 bits per heavy atom. The number of amides is 1. The van der Waals surface area contributed by atoms with E-state index in [-0.39, 0.29) is 18.7 Å². The summed E-state index contributed by atoms with van der Waals surface area (Å²) in [7, 11) is -3.60. The van der Waals surface area contributed by atoms with Crippen molar-refractivity contribution in [3.05, 3.63) is 57.6 Å². The third-order valence-electron chi connectivity index (χ3n) is 6.73. The van der Waals surface area contributed by atoms with E-state index >= 15 is 0 Å². The van der Waals surface area contributed by atoms with E-state index in [2.05, 4.69) is 0 Å². The number of ether oxygens (including phenoxy) is 1. The Morgan fingerprint density at radius 1 is 0.935 bits per heavy atom. The van der Waals surface area contributed by atoms with Crippen LogP contribution in [0.5, 0.6) is 0 Å². The molecule has 4 rings (SSSR count). The maximum Gasteiger partial charge on any atom is 0.414 e. The SMILES string of the molecule is Cc1ccc2c(c1)COC(=O)N2C1CCN(S(=O)(=O)c2c(C)c(C)cc(C)c2C)CC1. The number of carbonyl (C=O) groups is 1. The van der Waals surface area contributed by atoms with Crippen LogP contribution in [0.4, 0.5) is 10.5 Å². The van der Waals surface area contributed by atoms with Gasteiger partial charge in [-0.05, 0) is 75.8 Å². The molecule has 1 fully saturated rings. The summed E-state index contributed by atoms with van der Waals surface area (Å²) in [4.78, 5) is 14.7. The fourth-order valence-electron chi connectivity index (χ4n) is 4.76. The molecule has 1 saturated heterocycles. The number of nitrogens with zero attached hydrogens (tertiary/aromatic N) is 2. The number of cyclic esters (lactones) is 1. The first-order valence-electron chi connectivity index (χ1n) is 10.7. The molecule has 2 heterocycles. The molecule has 0 unspecified atom stereocenters. The maximum atomic E-state index is 13.5. The summed E-state index contributed by atoms with van der Waals surface area (Å²) < 4.78 is 34.0. The third kappa shape index (κ3) is 3.74. The first kappa shape index (κ1) is 21.8. The van der Waals surface area contributed by atoms with Crippen LogP contribution in [-0.4, -0.2) is 37.9 Å². The second kappa shape index (κ2) is 7.95. The Bertz CT molecular complexity index is 1120. The summed E-state index contributed by atoms with van der Waals surface area (Å²) in [6.45, 7) is 10.7. The van der Waals surface area contributed by atoms with E-state index in [0.717, 1.165) is 39.1 Å². The predicted octanol–water partition coefficient (Wildman–Crippen LogP) is 4.54. The number of hydrogen-bond acceptors (Lipinski definition) is 4. The van der Waals surface area contributed by atoms with Gasteiger partial charge in [-0.25, -0.2) is 13.2 Å². The molecule has 0 spiro atoms. The number of aryl methyl sites for hydroxylation is 3. The average Bonchev–Trinajstić information content (AvgIpc) is 2.72. The minimum absolute atomic E-state index is 0.0813. The summed E-state index contributed by atoms with van der Waals surface area (Å²) in [5.41, 5.74) is 6.60. The number of benzene rings is 2. The molecule has 0 N–H and O–H groups in total. The molecule has 1 amide bonds. The number of anilines is 1. The predicted molar refractivity (Wildman–Crippen MR) is 121 cm³/mol. The van der Waals surface area contributed by atoms with Crippen molar-refractivity contribution >= 4 is 21.8 Å². The molecule has 2 aliphatic heterocycles. The molecule has 2 aliphatic rings. The topological polar surface area (TPSA) is 66.9 Å². The molecule has 0 bridgehead atoms. The van der Waals surface area contributed by atoms with Gasteiger partial charge in [-0.2, -0.15) is 4.31 Å². The fourth-order valence-corrected chi connectivity index (χ4v) is 6.80. The van der Waals surface area contributed by atoms with E-state index in [9.17, 15) is 13.2 Å². The lowest BCUT2D eigenvalue weighted by atomic mass is 10.0. The van der Waals surface area contributed by atoms with Crippen LogP contribution in [0.2, 0.25) is 0 Å². The number of rotatable bonds is 3. The van der Waals surface area contributed by atoms with E-state index in [1.165, 1.54) is 0 Å². The first-order chi connectivity index (χ1) is 14.6. The van der Waals surface area contributed by atoms with Gasteiger partial charge in [0.2, 0.25) is 10.0 Å². The van der Waals surface area contributed by atoms with Gasteiger partial charge in [-0.1, -0.05) is 23.8 Å². The Kier molecular flexibility index (Phi) is 5.60. The van der Waals surface area contributed by atoms with Gasteiger partial charge < -0.3 is 4.74 Å². The number of sulfonamides is 1. The lowest BCUT2D eigenvalue weighted by Crippen LogP contribution is -2.50. The Morgan fingerprint density at radius 2 is 1.55 bits per heavy atom. The van der Waals surface area contributed by atoms with Crippen molar-refractivity contribution < 1.29 is 17.9 Å². The lowest BCUT2D eigenvalue weighted by Gasteiger charge is -2.40. The summed E-state index contributed by atoms with van der Waals surface area (Å²) in [5.74, 6) is 0. The number of hydrogen-bond donors (Lipinski definition) is 0. The highest BCUT2D eigenvalue weighted by Crippen LogP contribution is 2.35. The van der Waals surface area contributed by atoms with Gasteiger partial charge in [0.05, 0.1) is 10.6 Å². The quantitative estimate of drug-likeness (QED) is 0.700. The summed E-state index contributed by atoms with van der Waals surface area (Å²) in [5, 5.41) is 0. The molecule has 0 aromatic heterocycles. The van der Waals surface area contributed by atoms with Crippen molar-refractivity contribution in [1.82, 2.24) is 4.31 Å². The van der Waals surface area contributed by atoms with E-state index in [1.54, 1.807) is 9.21 Å². The molecular weight excluding hydrogens is 412 g/mol. The van der Waals surface area contributed by atoms with Crippen LogP contribution in [0.1, 0.15) is 46.2 Å². The van der Waals surface area contributed by atoms with Gasteiger partial charge in [0, 0.05) is 24.7 Å². The molecule has 2 aromatic rings. The van der Waals surface area contributed by atoms with Crippen LogP contribution in [-0.2, 0) is 21.4 Å². The van der Waals surface area contributed by atoms with Crippen LogP contribution < -0.4 is 4.90 Å². The third-order valence-corrected chi connectivity index (χ3v) is 8.90. The normalized spacial score (nSPS) is 18.1. The average molecular weight is 443 g/mol. The molecule has 0 aliphatic carbocycles. The molecule has 166 valence electrons. The summed E-state index contributed by atoms with van der Waals surface area (Å²) >= 11 is 0. The molecule has 7 heteroatoms. The van der Waals surface area contributed by atoms with Crippen LogP contribution in [0, 0.1) is 34.6 Å². The zero-order valence-corrected chi connectivity index (χ0v) is 19.7. The highest BCUT2D eigenvalue weighted by molar-refractivity contribution is 7.89. The van der Waals surface area contributed by atoms with E-state index in [1.807, 2.05) is 58.9 Å². The molecule has 0 radical (unpaired) electrons. The van der Waals surface area contributed by atoms with Crippen LogP contribution in [0.3, 0.4) is 0 Å². The number of piperidine rings is 1. The van der Waals surface area contributed by atoms with Crippen LogP contribution in [0.15, 0.2) is 29.2 Å². The zero-order valence-electron chi connectivity index (χ0n) is 18.9. The smallest absolute Gasteiger partial charge is 0.414 e. The molecule has 2 aromatic carbocycles. The Hall–Kier alpha value is -2.38. The minimum Gasteiger partial charge on any atom is -0.444 e. The van der Waals surface area contributed by atoms with E-state index in [0.29, 0.717) is 30.8 Å². The van der Waals surface area contributed by atoms with Crippen molar-refractivity contribution in [2.24, 2.45) is 0 Å². The van der Waals surface area contributed by atoms with E-state index in [4.69, 9.17) is 4.74 Å². The van der Waals surface area contributed by atoms with Gasteiger partial charge in [0.1, 0.15) is 6.61 Å². The standard InChI is InChI=1S/C24H30N2O4S/c1-15-6-7-22-20(12-15)14-30-24(27)26(22)21-8-10-25(11-9-21)31(28,29)23-18(4)16(2)13-17(3)19(23)5/h6-7,12-13,21H,8-11,14H2,1-5H3. The molecular formula is C24H30N2O4S. The van der Waals surface area contributed by atoms with Gasteiger partial charge in [0.15, 0.2) is 0 Å². The van der Waals surface area contributed by atoms with Crippen molar-refractivity contribution in [2.75, 3.05) is 18.0 Å². The van der Waals surface area contributed by atoms with Gasteiger partial charge in [0.25, 0.3) is 0 Å². The van der Waals surface area contributed by atoms with Gasteiger partial charge in [-0.3, -0.25) is 4.90 Å². The monoisotopic (exact) mass is 442 g/mol. The second-order valence-electron chi connectivity index (χ2n) is 8.78. The first-order valence-corrected chi connectivity index (χ1v) is 12.2. The molecule has 31 heavy (non-hydrogen) atoms. The summed E-state index contributed by atoms with van der Waals surface area (Å²) in [6.07, 6.45) is 0.799. The van der Waals surface area contributed by atoms with Crippen molar-refractivity contribution in [3.63, 3.8) is 0 Å². The van der Waals surface area contributed by atoms with Gasteiger partial charge in [-0.15, -0.1) is 0 Å². The largest absolute Gasteiger partial charge is 0.444 e. The van der Waals surface area contributed by atoms with Crippen molar-refractivity contribution in [1.29, 1.82) is 0 Å². The zero-order chi connectivity index (χ0) is 22.5. The second-order valence-corrected chi connectivity index (χ2v) is 10.7. The highest BCUT2D eigenvalue weighted by Gasteiger charge is 2.38. The van der Waals surface area contributed by atoms with Crippen molar-refractivity contribution in [3.8, 4) is 0 Å². The van der Waals surface area contributed by atoms with E-state index < -0.39 is 10.0 Å². The maximum absolute atomic E-state index is 13.5. The van der Waals surface area contributed by atoms with Crippen molar-refractivity contribution in [2.45, 2.75) is 65.0 Å². The molecule has 6 nitrogen and oxygen atoms in total. The molecule has 0 saturated carbocycles. The minimum atomic E-state index is -3.60. The number of carbonyl (C=O) groups excluding carboxylic acids is 1. The molecule has 0 atom stereocenters. The Labute approximate surface area is 184 Å². The highest BCUT2D eigenvalue weighted by atomic mass is 32.2. The summed E-state index contributed by atoms with van der Waals surface area (Å²) in [6, 6.07) is 7.96. The fraction of sp³-hybridized carbons (Fsp3) is 0.458. The lowest BCUT2D eigenvalue weighted by molar-refractivity contribution is 0.135. The Balaban J connectivity index is 1.58. The number of fused-ring (bicyclic) bond motifs is 1. The van der Waals surface area contributed by atoms with Gasteiger partial charge >= 0.3 is 6.09 Å². The van der Waals surface area contributed by atoms with Crippen LogP contribution in [0.25, 0.3) is 0 Å².